The standard InChI is InChI=1S/C12H19NO4/c1-12(2,3)17-11(15)13-9-6-8(9)10(14)16-7-4-5-7/h7-9H,4-6H2,1-3H3,(H,13,15)/t8-,9-/m1/s1. The summed E-state index contributed by atoms with van der Waals surface area (Å²) in [6.07, 6.45) is 2.27. The summed E-state index contributed by atoms with van der Waals surface area (Å²) in [5.41, 5.74) is -0.511. The fourth-order valence-electron chi connectivity index (χ4n) is 1.51. The molecule has 2 rings (SSSR count). The lowest BCUT2D eigenvalue weighted by molar-refractivity contribution is -0.146. The monoisotopic (exact) mass is 241 g/mol. The molecule has 0 spiro atoms. The van der Waals surface area contributed by atoms with E-state index in [-0.39, 0.29) is 24.0 Å². The van der Waals surface area contributed by atoms with Gasteiger partial charge in [0.25, 0.3) is 0 Å². The van der Waals surface area contributed by atoms with Gasteiger partial charge in [-0.05, 0) is 40.0 Å². The molecule has 0 aromatic rings. The van der Waals surface area contributed by atoms with Crippen LogP contribution in [0.3, 0.4) is 0 Å². The molecule has 2 fully saturated rings. The first-order valence-corrected chi connectivity index (χ1v) is 6.05. The summed E-state index contributed by atoms with van der Waals surface area (Å²) in [7, 11) is 0. The van der Waals surface area contributed by atoms with Crippen molar-refractivity contribution in [3.05, 3.63) is 0 Å². The van der Waals surface area contributed by atoms with E-state index in [1.807, 2.05) is 0 Å². The molecular formula is C12H19NO4. The van der Waals surface area contributed by atoms with Crippen molar-refractivity contribution in [3.8, 4) is 0 Å². The molecule has 2 atom stereocenters. The predicted octanol–water partition coefficient (Wildman–Crippen LogP) is 1.61. The highest BCUT2D eigenvalue weighted by atomic mass is 16.6. The summed E-state index contributed by atoms with van der Waals surface area (Å²) in [6, 6.07) is -0.115. The fourth-order valence-corrected chi connectivity index (χ4v) is 1.51. The second-order valence-electron chi connectivity index (χ2n) is 5.73. The highest BCUT2D eigenvalue weighted by molar-refractivity contribution is 5.79. The molecule has 5 heteroatoms. The van der Waals surface area contributed by atoms with Gasteiger partial charge in [0, 0.05) is 6.04 Å². The molecule has 1 N–H and O–H groups in total. The third kappa shape index (κ3) is 3.91. The van der Waals surface area contributed by atoms with Gasteiger partial charge in [-0.1, -0.05) is 0 Å². The molecule has 0 aromatic carbocycles. The number of alkyl carbamates (subject to hydrolysis) is 1. The highest BCUT2D eigenvalue weighted by Crippen LogP contribution is 2.34. The Balaban J connectivity index is 1.68. The van der Waals surface area contributed by atoms with Gasteiger partial charge in [-0.2, -0.15) is 0 Å². The van der Waals surface area contributed by atoms with Crippen molar-refractivity contribution in [2.24, 2.45) is 5.92 Å². The van der Waals surface area contributed by atoms with Gasteiger partial charge in [0.1, 0.15) is 11.7 Å². The summed E-state index contributed by atoms with van der Waals surface area (Å²) in [6.45, 7) is 5.41. The number of hydrogen-bond donors (Lipinski definition) is 1. The molecule has 0 heterocycles. The molecule has 0 radical (unpaired) electrons. The van der Waals surface area contributed by atoms with E-state index in [1.54, 1.807) is 20.8 Å². The van der Waals surface area contributed by atoms with Crippen LogP contribution in [0, 0.1) is 5.92 Å². The Hall–Kier alpha value is -1.26. The molecule has 96 valence electrons. The van der Waals surface area contributed by atoms with Crippen molar-refractivity contribution < 1.29 is 19.1 Å². The first-order valence-electron chi connectivity index (χ1n) is 6.05. The van der Waals surface area contributed by atoms with Crippen molar-refractivity contribution in [1.82, 2.24) is 5.32 Å². The number of carbonyl (C=O) groups is 2. The molecule has 2 saturated carbocycles. The Morgan fingerprint density at radius 1 is 1.24 bits per heavy atom. The number of amides is 1. The normalized spacial score (nSPS) is 27.2. The lowest BCUT2D eigenvalue weighted by atomic mass is 10.2. The first-order chi connectivity index (χ1) is 7.85. The molecule has 2 aliphatic carbocycles. The number of nitrogens with one attached hydrogen (secondary N) is 1. The van der Waals surface area contributed by atoms with Crippen molar-refractivity contribution in [3.63, 3.8) is 0 Å². The second kappa shape index (κ2) is 4.20. The van der Waals surface area contributed by atoms with Crippen LogP contribution in [0.4, 0.5) is 4.79 Å². The highest BCUT2D eigenvalue weighted by Gasteiger charge is 2.47. The minimum absolute atomic E-state index is 0.115. The zero-order chi connectivity index (χ0) is 12.6. The third-order valence-electron chi connectivity index (χ3n) is 2.60. The van der Waals surface area contributed by atoms with Crippen LogP contribution in [0.2, 0.25) is 0 Å². The van der Waals surface area contributed by atoms with Gasteiger partial charge >= 0.3 is 12.1 Å². The summed E-state index contributed by atoms with van der Waals surface area (Å²) >= 11 is 0. The third-order valence-corrected chi connectivity index (χ3v) is 2.60. The Bertz CT molecular complexity index is 330. The average Bonchev–Trinajstić information content (AvgIpc) is 2.95. The number of esters is 1. The lowest BCUT2D eigenvalue weighted by Gasteiger charge is -2.19. The fraction of sp³-hybridized carbons (Fsp3) is 0.833. The summed E-state index contributed by atoms with van der Waals surface area (Å²) in [4.78, 5) is 22.9. The molecule has 17 heavy (non-hydrogen) atoms. The van der Waals surface area contributed by atoms with Gasteiger partial charge in [-0.3, -0.25) is 4.79 Å². The van der Waals surface area contributed by atoms with Gasteiger partial charge in [0.05, 0.1) is 5.92 Å². The van der Waals surface area contributed by atoms with Crippen LogP contribution in [0.15, 0.2) is 0 Å². The van der Waals surface area contributed by atoms with E-state index in [4.69, 9.17) is 9.47 Å². The summed E-state index contributed by atoms with van der Waals surface area (Å²) in [5.74, 6) is -0.364. The van der Waals surface area contributed by atoms with Gasteiger partial charge in [0.2, 0.25) is 0 Å². The zero-order valence-electron chi connectivity index (χ0n) is 10.5. The quantitative estimate of drug-likeness (QED) is 0.762. The van der Waals surface area contributed by atoms with Crippen molar-refractivity contribution in [2.75, 3.05) is 0 Å². The molecule has 1 amide bonds. The summed E-state index contributed by atoms with van der Waals surface area (Å²) in [5, 5.41) is 2.67. The van der Waals surface area contributed by atoms with E-state index in [1.165, 1.54) is 0 Å². The van der Waals surface area contributed by atoms with E-state index in [9.17, 15) is 9.59 Å². The lowest BCUT2D eigenvalue weighted by Crippen LogP contribution is -2.35. The predicted molar refractivity (Wildman–Crippen MR) is 60.4 cm³/mol. The zero-order valence-corrected chi connectivity index (χ0v) is 10.5. The van der Waals surface area contributed by atoms with Gasteiger partial charge in [-0.25, -0.2) is 4.79 Å². The SMILES string of the molecule is CC(C)(C)OC(=O)N[C@@H]1C[C@H]1C(=O)OC1CC1. The Morgan fingerprint density at radius 3 is 2.41 bits per heavy atom. The van der Waals surface area contributed by atoms with Crippen LogP contribution < -0.4 is 5.32 Å². The summed E-state index contributed by atoms with van der Waals surface area (Å²) < 4.78 is 10.3. The van der Waals surface area contributed by atoms with E-state index < -0.39 is 11.7 Å². The minimum Gasteiger partial charge on any atom is -0.462 e. The maximum atomic E-state index is 11.5. The van der Waals surface area contributed by atoms with Crippen LogP contribution in [0.5, 0.6) is 0 Å². The molecule has 0 saturated heterocycles. The molecule has 2 aliphatic rings. The largest absolute Gasteiger partial charge is 0.462 e. The van der Waals surface area contributed by atoms with Crippen molar-refractivity contribution in [2.45, 2.75) is 57.8 Å². The topological polar surface area (TPSA) is 64.6 Å². The van der Waals surface area contributed by atoms with Gasteiger partial charge in [0.15, 0.2) is 0 Å². The molecule has 0 unspecified atom stereocenters. The molecule has 5 nitrogen and oxygen atoms in total. The number of ether oxygens (including phenoxy) is 2. The van der Waals surface area contributed by atoms with Crippen LogP contribution in [-0.4, -0.2) is 29.8 Å². The van der Waals surface area contributed by atoms with E-state index in [0.717, 1.165) is 12.8 Å². The number of rotatable bonds is 3. The Morgan fingerprint density at radius 2 is 1.88 bits per heavy atom. The van der Waals surface area contributed by atoms with Crippen molar-refractivity contribution >= 4 is 12.1 Å². The van der Waals surface area contributed by atoms with Crippen LogP contribution in [-0.2, 0) is 14.3 Å². The van der Waals surface area contributed by atoms with Crippen LogP contribution in [0.25, 0.3) is 0 Å². The smallest absolute Gasteiger partial charge is 0.407 e. The average molecular weight is 241 g/mol. The minimum atomic E-state index is -0.511. The van der Waals surface area contributed by atoms with Crippen LogP contribution in [0.1, 0.15) is 40.0 Å². The van der Waals surface area contributed by atoms with Gasteiger partial charge in [-0.15, -0.1) is 0 Å². The maximum absolute atomic E-state index is 11.5. The van der Waals surface area contributed by atoms with E-state index in [2.05, 4.69) is 5.32 Å². The van der Waals surface area contributed by atoms with Gasteiger partial charge < -0.3 is 14.8 Å². The number of carbonyl (C=O) groups excluding carboxylic acids is 2. The molecule has 0 bridgehead atoms. The van der Waals surface area contributed by atoms with Crippen molar-refractivity contribution in [1.29, 1.82) is 0 Å². The Kier molecular flexibility index (Phi) is 3.02. The van der Waals surface area contributed by atoms with E-state index >= 15 is 0 Å². The first kappa shape index (κ1) is 12.2. The van der Waals surface area contributed by atoms with E-state index in [0.29, 0.717) is 6.42 Å². The maximum Gasteiger partial charge on any atom is 0.407 e. The Labute approximate surface area is 101 Å². The second-order valence-corrected chi connectivity index (χ2v) is 5.73. The molecular weight excluding hydrogens is 222 g/mol. The van der Waals surface area contributed by atoms with Crippen LogP contribution >= 0.6 is 0 Å². The molecule has 0 aromatic heterocycles. The molecule has 0 aliphatic heterocycles. The number of hydrogen-bond acceptors (Lipinski definition) is 4.